The molecule has 0 saturated carbocycles. The molecule has 0 aliphatic rings. The zero-order chi connectivity index (χ0) is 36.3. The van der Waals surface area contributed by atoms with E-state index in [-0.39, 0.29) is 11.6 Å². The minimum absolute atomic E-state index is 0.0277. The van der Waals surface area contributed by atoms with E-state index in [9.17, 15) is 14.4 Å². The van der Waals surface area contributed by atoms with Gasteiger partial charge >= 0.3 is 0 Å². The van der Waals surface area contributed by atoms with Crippen molar-refractivity contribution >= 4 is 46.9 Å². The van der Waals surface area contributed by atoms with Gasteiger partial charge in [0.2, 0.25) is 5.91 Å². The van der Waals surface area contributed by atoms with E-state index in [4.69, 9.17) is 14.2 Å². The van der Waals surface area contributed by atoms with Crippen molar-refractivity contribution in [1.82, 2.24) is 5.32 Å². The first-order valence-corrected chi connectivity index (χ1v) is 17.0. The molecule has 0 spiro atoms. The Morgan fingerprint density at radius 1 is 0.686 bits per heavy atom. The third kappa shape index (κ3) is 9.17. The summed E-state index contributed by atoms with van der Waals surface area (Å²) in [5, 5.41) is 8.20. The molecule has 1 atom stereocenters. The van der Waals surface area contributed by atoms with Crippen LogP contribution in [0.5, 0.6) is 17.2 Å². The van der Waals surface area contributed by atoms with Crippen LogP contribution in [0.1, 0.15) is 37.9 Å². The highest BCUT2D eigenvalue weighted by molar-refractivity contribution is 8.00. The van der Waals surface area contributed by atoms with Crippen LogP contribution in [-0.2, 0) is 9.59 Å². The van der Waals surface area contributed by atoms with Crippen molar-refractivity contribution in [1.29, 1.82) is 0 Å². The first-order valence-electron chi connectivity index (χ1n) is 16.1. The van der Waals surface area contributed by atoms with Gasteiger partial charge in [-0.1, -0.05) is 60.7 Å². The van der Waals surface area contributed by atoms with E-state index >= 15 is 0 Å². The molecule has 3 amide bonds. The molecule has 0 fully saturated rings. The van der Waals surface area contributed by atoms with Gasteiger partial charge in [-0.25, -0.2) is 0 Å². The Bertz CT molecular complexity index is 2030. The highest BCUT2D eigenvalue weighted by Crippen LogP contribution is 2.38. The number of hydrogen-bond acceptors (Lipinski definition) is 7. The van der Waals surface area contributed by atoms with Gasteiger partial charge in [0.25, 0.3) is 11.8 Å². The third-order valence-electron chi connectivity index (χ3n) is 8.13. The number of amides is 3. The molecule has 5 aromatic rings. The van der Waals surface area contributed by atoms with Crippen LogP contribution in [0.4, 0.5) is 11.4 Å². The third-order valence-corrected chi connectivity index (χ3v) is 9.40. The molecule has 0 bridgehead atoms. The maximum Gasteiger partial charge on any atom is 0.272 e. The monoisotopic (exact) mass is 701 g/mol. The summed E-state index contributed by atoms with van der Waals surface area (Å²) in [7, 11) is 4.51. The molecule has 1 unspecified atom stereocenters. The standard InChI is InChI=1S/C41H39N3O6S/c1-26-13-12-18-33(27(26)2)43-41(47)38(28-14-8-6-9-15-28)51-32-21-19-31(20-22-32)42-40(46)34(44-39(45)29-16-10-7-11-17-29)23-30-24-36(49-4)37(50-5)25-35(30)48-3/h6-25,38H,1-5H3,(H,42,46)(H,43,47)(H,44,45)/b34-23-. The van der Waals surface area contributed by atoms with Gasteiger partial charge in [0.05, 0.1) is 21.3 Å². The largest absolute Gasteiger partial charge is 0.496 e. The Kier molecular flexibility index (Phi) is 12.2. The van der Waals surface area contributed by atoms with Gasteiger partial charge in [-0.05, 0) is 85.1 Å². The van der Waals surface area contributed by atoms with Crippen LogP contribution in [-0.4, -0.2) is 39.1 Å². The number of aryl methyl sites for hydroxylation is 1. The maximum absolute atomic E-state index is 13.8. The van der Waals surface area contributed by atoms with Crippen LogP contribution in [0.2, 0.25) is 0 Å². The van der Waals surface area contributed by atoms with Crippen molar-refractivity contribution < 1.29 is 28.6 Å². The molecule has 0 aromatic heterocycles. The van der Waals surface area contributed by atoms with E-state index in [0.717, 1.165) is 27.3 Å². The van der Waals surface area contributed by atoms with Gasteiger partial charge in [0.1, 0.15) is 16.7 Å². The number of methoxy groups -OCH3 is 3. The number of thioether (sulfide) groups is 1. The number of anilines is 2. The molecule has 0 aliphatic heterocycles. The van der Waals surface area contributed by atoms with Crippen LogP contribution in [0, 0.1) is 13.8 Å². The fourth-order valence-electron chi connectivity index (χ4n) is 5.20. The molecule has 0 saturated heterocycles. The molecule has 9 nitrogen and oxygen atoms in total. The summed E-state index contributed by atoms with van der Waals surface area (Å²) in [5.41, 5.74) is 5.05. The smallest absolute Gasteiger partial charge is 0.272 e. The lowest BCUT2D eigenvalue weighted by atomic mass is 10.1. The average molecular weight is 702 g/mol. The van der Waals surface area contributed by atoms with Crippen molar-refractivity contribution in [2.75, 3.05) is 32.0 Å². The molecule has 10 heteroatoms. The highest BCUT2D eigenvalue weighted by Gasteiger charge is 2.23. The summed E-state index contributed by atoms with van der Waals surface area (Å²) in [4.78, 5) is 41.5. The van der Waals surface area contributed by atoms with Crippen LogP contribution >= 0.6 is 11.8 Å². The molecule has 0 aliphatic carbocycles. The van der Waals surface area contributed by atoms with Gasteiger partial charge in [-0.2, -0.15) is 0 Å². The predicted octanol–water partition coefficient (Wildman–Crippen LogP) is 8.21. The van der Waals surface area contributed by atoms with Gasteiger partial charge in [0, 0.05) is 33.5 Å². The van der Waals surface area contributed by atoms with E-state index in [1.807, 2.05) is 74.5 Å². The molecular weight excluding hydrogens is 663 g/mol. The number of carbonyl (C=O) groups excluding carboxylic acids is 3. The Labute approximate surface area is 302 Å². The lowest BCUT2D eigenvalue weighted by molar-refractivity contribution is -0.116. The molecule has 260 valence electrons. The van der Waals surface area contributed by atoms with E-state index < -0.39 is 17.1 Å². The molecular formula is C41H39N3O6S. The zero-order valence-corrected chi connectivity index (χ0v) is 29.8. The Morgan fingerprint density at radius 3 is 1.96 bits per heavy atom. The number of rotatable bonds is 13. The van der Waals surface area contributed by atoms with Gasteiger partial charge < -0.3 is 30.2 Å². The van der Waals surface area contributed by atoms with Gasteiger partial charge in [-0.15, -0.1) is 11.8 Å². The van der Waals surface area contributed by atoms with Crippen molar-refractivity contribution in [2.24, 2.45) is 0 Å². The van der Waals surface area contributed by atoms with Crippen molar-refractivity contribution in [3.63, 3.8) is 0 Å². The summed E-state index contributed by atoms with van der Waals surface area (Å²) in [6.07, 6.45) is 1.51. The second kappa shape index (κ2) is 17.1. The SMILES string of the molecule is COc1cc(OC)c(OC)cc1/C=C(\NC(=O)c1ccccc1)C(=O)Nc1ccc(SC(C(=O)Nc2cccc(C)c2C)c2ccccc2)cc1. The van der Waals surface area contributed by atoms with Crippen LogP contribution in [0.15, 0.2) is 126 Å². The summed E-state index contributed by atoms with van der Waals surface area (Å²) in [6, 6.07) is 34.5. The highest BCUT2D eigenvalue weighted by atomic mass is 32.2. The lowest BCUT2D eigenvalue weighted by Gasteiger charge is -2.19. The Balaban J connectivity index is 1.39. The summed E-state index contributed by atoms with van der Waals surface area (Å²) < 4.78 is 16.4. The predicted molar refractivity (Wildman–Crippen MR) is 203 cm³/mol. The van der Waals surface area contributed by atoms with Crippen LogP contribution < -0.4 is 30.2 Å². The maximum atomic E-state index is 13.8. The number of benzene rings is 5. The van der Waals surface area contributed by atoms with Gasteiger partial charge in [0.15, 0.2) is 11.5 Å². The van der Waals surface area contributed by atoms with Crippen molar-refractivity contribution in [3.05, 3.63) is 149 Å². The molecule has 0 heterocycles. The number of carbonyl (C=O) groups is 3. The van der Waals surface area contributed by atoms with Crippen molar-refractivity contribution in [3.8, 4) is 17.2 Å². The van der Waals surface area contributed by atoms with E-state index in [0.29, 0.717) is 34.1 Å². The number of nitrogens with one attached hydrogen (secondary N) is 3. The minimum atomic E-state index is -0.563. The Hall–Kier alpha value is -6.00. The fraction of sp³-hybridized carbons (Fsp3) is 0.146. The van der Waals surface area contributed by atoms with Gasteiger partial charge in [-0.3, -0.25) is 14.4 Å². The van der Waals surface area contributed by atoms with E-state index in [1.165, 1.54) is 39.2 Å². The molecule has 5 rings (SSSR count). The summed E-state index contributed by atoms with van der Waals surface area (Å²) in [6.45, 7) is 4.00. The number of ether oxygens (including phenoxy) is 3. The van der Waals surface area contributed by atoms with E-state index in [1.54, 1.807) is 54.6 Å². The normalized spacial score (nSPS) is 11.6. The molecule has 0 radical (unpaired) electrons. The summed E-state index contributed by atoms with van der Waals surface area (Å²) in [5.74, 6) is 0.0971. The van der Waals surface area contributed by atoms with E-state index in [2.05, 4.69) is 16.0 Å². The molecule has 3 N–H and O–H groups in total. The molecule has 51 heavy (non-hydrogen) atoms. The van der Waals surface area contributed by atoms with Crippen molar-refractivity contribution in [2.45, 2.75) is 24.0 Å². The van der Waals surface area contributed by atoms with Crippen LogP contribution in [0.25, 0.3) is 6.08 Å². The summed E-state index contributed by atoms with van der Waals surface area (Å²) >= 11 is 1.40. The fourth-order valence-corrected chi connectivity index (χ4v) is 6.23. The topological polar surface area (TPSA) is 115 Å². The zero-order valence-electron chi connectivity index (χ0n) is 29.0. The lowest BCUT2D eigenvalue weighted by Crippen LogP contribution is -2.30. The first kappa shape index (κ1) is 36.3. The Morgan fingerprint density at radius 2 is 1.31 bits per heavy atom. The number of hydrogen-bond donors (Lipinski definition) is 3. The second-order valence-electron chi connectivity index (χ2n) is 11.5. The first-order chi connectivity index (χ1) is 24.7. The minimum Gasteiger partial charge on any atom is -0.496 e. The quantitative estimate of drug-likeness (QED) is 0.0838. The second-order valence-corrected chi connectivity index (χ2v) is 12.6. The molecule has 5 aromatic carbocycles. The van der Waals surface area contributed by atoms with Crippen LogP contribution in [0.3, 0.4) is 0 Å². The average Bonchev–Trinajstić information content (AvgIpc) is 3.16.